The van der Waals surface area contributed by atoms with E-state index in [2.05, 4.69) is 50.6 Å². The van der Waals surface area contributed by atoms with Crippen molar-refractivity contribution in [3.63, 3.8) is 0 Å². The van der Waals surface area contributed by atoms with Crippen molar-refractivity contribution in [1.82, 2.24) is 25.3 Å². The van der Waals surface area contributed by atoms with Gasteiger partial charge in [-0.2, -0.15) is 9.78 Å². The van der Waals surface area contributed by atoms with E-state index in [1.165, 1.54) is 28.1 Å². The first-order chi connectivity index (χ1) is 18.9. The average Bonchev–Trinajstić information content (AvgIpc) is 2.97. The number of carbonyl (C=O) groups is 1. The molecule has 1 heterocycles. The maximum Gasteiger partial charge on any atom is 0.335 e. The maximum atomic E-state index is 13.3. The van der Waals surface area contributed by atoms with E-state index in [0.717, 1.165) is 12.7 Å². The summed E-state index contributed by atoms with van der Waals surface area (Å²) in [5.41, 5.74) is 3.45. The van der Waals surface area contributed by atoms with Crippen LogP contribution in [0.2, 0.25) is 0 Å². The molecule has 0 fully saturated rings. The lowest BCUT2D eigenvalue weighted by Crippen LogP contribution is -2.43. The molecular formula is C26H41Cl2FN8O2. The van der Waals surface area contributed by atoms with Crippen LogP contribution in [0.5, 0.6) is 0 Å². The summed E-state index contributed by atoms with van der Waals surface area (Å²) < 4.78 is 13.3. The SMILES string of the molecule is C#C.C=C/C(=C\C=C/CCl)CNC(=O)Nn1cnn1/C(CC)=N/C(=NC)NC/C(Cl)=C\C(F)=C/C.CC.CO. The molecule has 0 spiro atoms. The number of alkyl halides is 1. The molecule has 0 aliphatic heterocycles. The number of aliphatic hydroxyl groups excluding tert-OH is 1. The van der Waals surface area contributed by atoms with Gasteiger partial charge in [-0.15, -0.1) is 34.3 Å². The summed E-state index contributed by atoms with van der Waals surface area (Å²) in [5.74, 6) is 0.741. The Kier molecular flexibility index (Phi) is 28.1. The van der Waals surface area contributed by atoms with Crippen LogP contribution >= 0.6 is 23.2 Å². The number of halogens is 3. The van der Waals surface area contributed by atoms with Crippen LogP contribution in [0.15, 0.2) is 75.8 Å². The number of nitrogens with zero attached hydrogens (tertiary/aromatic N) is 5. The molecular weight excluding hydrogens is 546 g/mol. The number of allylic oxidation sites excluding steroid dienone is 6. The van der Waals surface area contributed by atoms with Crippen LogP contribution < -0.4 is 16.1 Å². The number of aliphatic imine (C=N–C) groups is 2. The minimum absolute atomic E-state index is 0.142. The number of guanidine groups is 1. The van der Waals surface area contributed by atoms with E-state index in [-0.39, 0.29) is 24.1 Å². The first-order valence-corrected chi connectivity index (χ1v) is 12.8. The van der Waals surface area contributed by atoms with Gasteiger partial charge in [0.05, 0.1) is 6.54 Å². The molecule has 10 nitrogen and oxygen atoms in total. The van der Waals surface area contributed by atoms with Gasteiger partial charge in [-0.1, -0.05) is 69.3 Å². The highest BCUT2D eigenvalue weighted by molar-refractivity contribution is 6.30. The Morgan fingerprint density at radius 2 is 1.90 bits per heavy atom. The average molecular weight is 588 g/mol. The van der Waals surface area contributed by atoms with Crippen LogP contribution in [0.3, 0.4) is 0 Å². The van der Waals surface area contributed by atoms with Crippen LogP contribution in [0.4, 0.5) is 9.18 Å². The van der Waals surface area contributed by atoms with Crippen molar-refractivity contribution in [1.29, 1.82) is 0 Å². The number of aromatic nitrogens is 3. The van der Waals surface area contributed by atoms with E-state index < -0.39 is 11.9 Å². The maximum absolute atomic E-state index is 13.3. The number of rotatable bonds is 10. The molecule has 0 aliphatic carbocycles. The molecule has 0 aliphatic rings. The largest absolute Gasteiger partial charge is 0.400 e. The molecule has 1 rings (SSSR count). The lowest BCUT2D eigenvalue weighted by atomic mass is 10.2. The highest BCUT2D eigenvalue weighted by Gasteiger charge is 2.12. The van der Waals surface area contributed by atoms with Gasteiger partial charge >= 0.3 is 6.03 Å². The van der Waals surface area contributed by atoms with Crippen LogP contribution in [-0.4, -0.2) is 70.7 Å². The predicted octanol–water partition coefficient (Wildman–Crippen LogP) is 4.96. The van der Waals surface area contributed by atoms with Gasteiger partial charge in [0.1, 0.15) is 5.83 Å². The molecule has 218 valence electrons. The number of hydrogen-bond donors (Lipinski definition) is 4. The van der Waals surface area contributed by atoms with Gasteiger partial charge < -0.3 is 15.7 Å². The summed E-state index contributed by atoms with van der Waals surface area (Å²) in [5, 5.41) is 17.0. The van der Waals surface area contributed by atoms with Crippen molar-refractivity contribution >= 4 is 41.0 Å². The van der Waals surface area contributed by atoms with Gasteiger partial charge in [-0.25, -0.2) is 14.6 Å². The highest BCUT2D eigenvalue weighted by atomic mass is 35.5. The van der Waals surface area contributed by atoms with E-state index in [0.29, 0.717) is 18.1 Å². The number of amides is 2. The van der Waals surface area contributed by atoms with Crippen molar-refractivity contribution < 1.29 is 14.3 Å². The van der Waals surface area contributed by atoms with Gasteiger partial charge in [0, 0.05) is 38.0 Å². The van der Waals surface area contributed by atoms with E-state index >= 15 is 0 Å². The van der Waals surface area contributed by atoms with Crippen LogP contribution in [-0.2, 0) is 0 Å². The number of hydrogen-bond acceptors (Lipinski definition) is 4. The van der Waals surface area contributed by atoms with Crippen LogP contribution in [0.25, 0.3) is 0 Å². The summed E-state index contributed by atoms with van der Waals surface area (Å²) in [6.07, 6.45) is 19.4. The quantitative estimate of drug-likeness (QED) is 0.102. The van der Waals surface area contributed by atoms with Crippen molar-refractivity contribution in [3.05, 3.63) is 65.8 Å². The van der Waals surface area contributed by atoms with Gasteiger partial charge in [-0.05, 0) is 18.6 Å². The first-order valence-electron chi connectivity index (χ1n) is 11.8. The molecule has 1 aromatic rings. The normalized spacial score (nSPS) is 12.3. The van der Waals surface area contributed by atoms with Crippen molar-refractivity contribution in [2.24, 2.45) is 9.98 Å². The Bertz CT molecular complexity index is 1020. The molecule has 1 aromatic heterocycles. The van der Waals surface area contributed by atoms with Gasteiger partial charge in [0.15, 0.2) is 12.2 Å². The summed E-state index contributed by atoms with van der Waals surface area (Å²) in [6, 6.07) is -0.443. The molecule has 0 saturated carbocycles. The van der Waals surface area contributed by atoms with E-state index in [1.54, 1.807) is 32.2 Å². The number of aliphatic hydroxyl groups is 1. The minimum Gasteiger partial charge on any atom is -0.400 e. The van der Waals surface area contributed by atoms with E-state index in [4.69, 9.17) is 28.3 Å². The molecule has 13 heteroatoms. The molecule has 0 bridgehead atoms. The second kappa shape index (κ2) is 27.4. The lowest BCUT2D eigenvalue weighted by molar-refractivity contribution is 0.248. The molecule has 2 amide bonds. The molecule has 4 N–H and O–H groups in total. The number of nitrogens with one attached hydrogen (secondary N) is 3. The fourth-order valence-corrected chi connectivity index (χ4v) is 2.47. The standard InChI is InChI=1S/C21H29Cl2FN8O.C2H6.C2H2.CH4O/c1-5-16(10-8-9-11-22)13-27-21(33)30-31-15-28-32(31)19(7-3)29-20(25-4)26-14-17(23)12-18(24)6-2;3*1-2/h5-6,8-10,12,15H,1,7,11,13-14H2,2-4H3,(H,25,26)(H2,27,30,33);1-2H3;1-2H;2H,1H3/b9-8-,16-10+,17-12+,18-6+,29-19+;;;. The zero-order valence-electron chi connectivity index (χ0n) is 23.5. The van der Waals surface area contributed by atoms with Gasteiger partial charge in [0.2, 0.25) is 5.96 Å². The third-order valence-corrected chi connectivity index (χ3v) is 4.34. The highest BCUT2D eigenvalue weighted by Crippen LogP contribution is 2.07. The number of terminal acetylenes is 1. The zero-order valence-corrected chi connectivity index (χ0v) is 25.0. The molecule has 0 aromatic carbocycles. The van der Waals surface area contributed by atoms with E-state index in [9.17, 15) is 9.18 Å². The summed E-state index contributed by atoms with van der Waals surface area (Å²) in [6.45, 7) is 11.6. The molecule has 39 heavy (non-hydrogen) atoms. The third-order valence-electron chi connectivity index (χ3n) is 3.92. The van der Waals surface area contributed by atoms with Gasteiger partial charge in [-0.3, -0.25) is 4.99 Å². The van der Waals surface area contributed by atoms with Crippen molar-refractivity contribution in [2.75, 3.05) is 38.6 Å². The Balaban J connectivity index is -0.00000201. The smallest absolute Gasteiger partial charge is 0.335 e. The minimum atomic E-state index is -0.443. The molecule has 0 atom stereocenters. The van der Waals surface area contributed by atoms with Crippen LogP contribution in [0, 0.1) is 12.8 Å². The molecule has 0 unspecified atom stereocenters. The third kappa shape index (κ3) is 18.3. The fourth-order valence-electron chi connectivity index (χ4n) is 2.19. The predicted molar refractivity (Wildman–Crippen MR) is 164 cm³/mol. The van der Waals surface area contributed by atoms with E-state index in [1.807, 2.05) is 26.8 Å². The second-order valence-corrected chi connectivity index (χ2v) is 7.03. The Morgan fingerprint density at radius 3 is 2.36 bits per heavy atom. The van der Waals surface area contributed by atoms with Crippen LogP contribution in [0.1, 0.15) is 34.1 Å². The molecule has 0 radical (unpaired) electrons. The lowest BCUT2D eigenvalue weighted by Gasteiger charge is -2.20. The topological polar surface area (TPSA) is 121 Å². The van der Waals surface area contributed by atoms with Crippen molar-refractivity contribution in [2.45, 2.75) is 34.1 Å². The summed E-state index contributed by atoms with van der Waals surface area (Å²) in [7, 11) is 2.55. The second-order valence-electron chi connectivity index (χ2n) is 6.23. The first kappa shape index (κ1) is 39.9. The van der Waals surface area contributed by atoms with Crippen molar-refractivity contribution in [3.8, 4) is 12.8 Å². The number of carbonyl (C=O) groups excluding carboxylic acids is 1. The Morgan fingerprint density at radius 1 is 1.26 bits per heavy atom. The number of urea groups is 1. The monoisotopic (exact) mass is 586 g/mol. The Labute approximate surface area is 241 Å². The summed E-state index contributed by atoms with van der Waals surface area (Å²) >= 11 is 11.6. The van der Waals surface area contributed by atoms with Gasteiger partial charge in [0.25, 0.3) is 0 Å². The summed E-state index contributed by atoms with van der Waals surface area (Å²) in [4.78, 5) is 23.5. The zero-order chi connectivity index (χ0) is 30.6. The molecule has 0 saturated heterocycles. The Hall–Kier alpha value is -3.59. The fraction of sp³-hybridized carbons (Fsp3) is 0.385.